The molecule has 5 nitrogen and oxygen atoms in total. The van der Waals surface area contributed by atoms with E-state index in [1.54, 1.807) is 0 Å². The number of aliphatic carboxylic acids is 1. The molecule has 0 aliphatic heterocycles. The highest BCUT2D eigenvalue weighted by molar-refractivity contribution is 5.88. The number of carbonyl (C=O) groups is 2. The molecule has 0 aliphatic carbocycles. The van der Waals surface area contributed by atoms with E-state index < -0.39 is 29.3 Å². The van der Waals surface area contributed by atoms with Crippen molar-refractivity contribution in [2.45, 2.75) is 32.4 Å². The molecule has 0 radical (unpaired) electrons. The molecular weight excluding hydrogens is 253 g/mol. The Kier molecular flexibility index (Phi) is 4.47. The number of rotatable bonds is 5. The molecule has 0 aliphatic rings. The topological polar surface area (TPSA) is 75.6 Å². The maximum atomic E-state index is 12.7. The highest BCUT2D eigenvalue weighted by Gasteiger charge is 2.31. The van der Waals surface area contributed by atoms with Crippen molar-refractivity contribution in [2.24, 2.45) is 0 Å². The molecule has 19 heavy (non-hydrogen) atoms. The highest BCUT2D eigenvalue weighted by Crippen LogP contribution is 2.13. The number of ether oxygens (including phenoxy) is 1. The zero-order chi connectivity index (χ0) is 14.6. The van der Waals surface area contributed by atoms with Crippen LogP contribution in [0.5, 0.6) is 5.75 Å². The van der Waals surface area contributed by atoms with E-state index in [9.17, 15) is 14.0 Å². The molecule has 0 bridgehead atoms. The van der Waals surface area contributed by atoms with E-state index in [4.69, 9.17) is 9.84 Å². The van der Waals surface area contributed by atoms with E-state index in [-0.39, 0.29) is 0 Å². The third kappa shape index (κ3) is 4.24. The molecule has 1 aromatic carbocycles. The average Bonchev–Trinajstić information content (AvgIpc) is 2.31. The van der Waals surface area contributed by atoms with Gasteiger partial charge in [0.2, 0.25) is 0 Å². The molecule has 1 rings (SSSR count). The first-order valence-corrected chi connectivity index (χ1v) is 5.70. The van der Waals surface area contributed by atoms with E-state index in [0.717, 1.165) is 0 Å². The van der Waals surface area contributed by atoms with Crippen LogP contribution in [-0.4, -0.2) is 28.6 Å². The first-order chi connectivity index (χ1) is 8.72. The smallest absolute Gasteiger partial charge is 0.328 e. The summed E-state index contributed by atoms with van der Waals surface area (Å²) in [6, 6.07) is 5.20. The van der Waals surface area contributed by atoms with Crippen molar-refractivity contribution >= 4 is 11.9 Å². The van der Waals surface area contributed by atoms with Gasteiger partial charge in [0.05, 0.1) is 0 Å². The normalized spacial score (nSPS) is 12.6. The number of amides is 1. The number of nitrogens with one attached hydrogen (secondary N) is 1. The molecule has 1 atom stereocenters. The van der Waals surface area contributed by atoms with Crippen LogP contribution in [0.3, 0.4) is 0 Å². The lowest BCUT2D eigenvalue weighted by atomic mass is 10.1. The van der Waals surface area contributed by atoms with Crippen molar-refractivity contribution in [1.29, 1.82) is 0 Å². The Morgan fingerprint density at radius 2 is 1.84 bits per heavy atom. The number of benzene rings is 1. The molecule has 0 saturated carbocycles. The third-order valence-corrected chi connectivity index (χ3v) is 2.47. The molecule has 6 heteroatoms. The summed E-state index contributed by atoms with van der Waals surface area (Å²) in [7, 11) is 0. The highest BCUT2D eigenvalue weighted by atomic mass is 19.1. The molecule has 0 aromatic heterocycles. The number of carboxylic acids is 1. The summed E-state index contributed by atoms with van der Waals surface area (Å²) in [5.41, 5.74) is -1.38. The summed E-state index contributed by atoms with van der Waals surface area (Å²) < 4.78 is 18.0. The number of carboxylic acid groups (broad SMARTS) is 1. The van der Waals surface area contributed by atoms with E-state index in [1.165, 1.54) is 45.0 Å². The number of hydrogen-bond acceptors (Lipinski definition) is 3. The summed E-state index contributed by atoms with van der Waals surface area (Å²) in [5.74, 6) is -1.78. The Morgan fingerprint density at radius 1 is 1.32 bits per heavy atom. The summed E-state index contributed by atoms with van der Waals surface area (Å²) in [6.45, 7) is 4.23. The van der Waals surface area contributed by atoms with Crippen LogP contribution in [0.1, 0.15) is 20.8 Å². The lowest BCUT2D eigenvalue weighted by molar-refractivity contribution is -0.147. The van der Waals surface area contributed by atoms with Gasteiger partial charge in [-0.05, 0) is 45.0 Å². The van der Waals surface area contributed by atoms with Crippen LogP contribution in [-0.2, 0) is 9.59 Å². The van der Waals surface area contributed by atoms with Gasteiger partial charge in [-0.1, -0.05) is 0 Å². The van der Waals surface area contributed by atoms with Gasteiger partial charge in [0.1, 0.15) is 17.1 Å². The zero-order valence-corrected chi connectivity index (χ0v) is 10.9. The van der Waals surface area contributed by atoms with Crippen LogP contribution in [0.4, 0.5) is 4.39 Å². The van der Waals surface area contributed by atoms with Crippen molar-refractivity contribution in [3.05, 3.63) is 30.1 Å². The summed E-state index contributed by atoms with van der Waals surface area (Å²) in [4.78, 5) is 22.6. The lowest BCUT2D eigenvalue weighted by Gasteiger charge is -2.23. The molecular formula is C13H16FNO4. The monoisotopic (exact) mass is 269 g/mol. The minimum Gasteiger partial charge on any atom is -0.481 e. The Labute approximate surface area is 110 Å². The third-order valence-electron chi connectivity index (χ3n) is 2.47. The molecule has 0 saturated heterocycles. The van der Waals surface area contributed by atoms with Crippen LogP contribution in [0.15, 0.2) is 24.3 Å². The van der Waals surface area contributed by atoms with Gasteiger partial charge in [0.15, 0.2) is 6.10 Å². The van der Waals surface area contributed by atoms with Crippen molar-refractivity contribution in [3.63, 3.8) is 0 Å². The summed E-state index contributed by atoms with van der Waals surface area (Å²) in [5, 5.41) is 11.2. The molecule has 1 unspecified atom stereocenters. The summed E-state index contributed by atoms with van der Waals surface area (Å²) >= 11 is 0. The Bertz CT molecular complexity index is 470. The van der Waals surface area contributed by atoms with Gasteiger partial charge in [0, 0.05) is 0 Å². The van der Waals surface area contributed by atoms with E-state index in [2.05, 4.69) is 5.32 Å². The van der Waals surface area contributed by atoms with Crippen molar-refractivity contribution in [2.75, 3.05) is 0 Å². The van der Waals surface area contributed by atoms with Crippen LogP contribution in [0.25, 0.3) is 0 Å². The van der Waals surface area contributed by atoms with Crippen LogP contribution < -0.4 is 10.1 Å². The quantitative estimate of drug-likeness (QED) is 0.850. The van der Waals surface area contributed by atoms with Crippen molar-refractivity contribution in [1.82, 2.24) is 5.32 Å². The second-order valence-electron chi connectivity index (χ2n) is 4.63. The molecule has 0 spiro atoms. The van der Waals surface area contributed by atoms with Gasteiger partial charge in [-0.2, -0.15) is 0 Å². The Hall–Kier alpha value is -2.11. The second kappa shape index (κ2) is 5.69. The molecule has 0 heterocycles. The van der Waals surface area contributed by atoms with E-state index >= 15 is 0 Å². The Morgan fingerprint density at radius 3 is 2.32 bits per heavy atom. The molecule has 104 valence electrons. The number of carbonyl (C=O) groups excluding carboxylic acids is 1. The largest absolute Gasteiger partial charge is 0.481 e. The maximum Gasteiger partial charge on any atom is 0.328 e. The first kappa shape index (κ1) is 14.9. The van der Waals surface area contributed by atoms with Gasteiger partial charge in [-0.15, -0.1) is 0 Å². The minimum absolute atomic E-state index is 0.331. The van der Waals surface area contributed by atoms with Gasteiger partial charge in [0.25, 0.3) is 5.91 Å². The van der Waals surface area contributed by atoms with Gasteiger partial charge in [-0.3, -0.25) is 4.79 Å². The standard InChI is InChI=1S/C13H16FNO4/c1-8(11(16)15-13(2,3)12(17)18)19-10-6-4-9(14)5-7-10/h4-8H,1-3H3,(H,15,16)(H,17,18). The Balaban J connectivity index is 2.63. The summed E-state index contributed by atoms with van der Waals surface area (Å²) in [6.07, 6.45) is -0.885. The zero-order valence-electron chi connectivity index (χ0n) is 10.9. The SMILES string of the molecule is CC(Oc1ccc(F)cc1)C(=O)NC(C)(C)C(=O)O. The van der Waals surface area contributed by atoms with Crippen LogP contribution >= 0.6 is 0 Å². The van der Waals surface area contributed by atoms with Gasteiger partial charge < -0.3 is 15.2 Å². The van der Waals surface area contributed by atoms with Crippen molar-refractivity contribution in [3.8, 4) is 5.75 Å². The van der Waals surface area contributed by atoms with E-state index in [1.807, 2.05) is 0 Å². The minimum atomic E-state index is -1.38. The maximum absolute atomic E-state index is 12.7. The molecule has 1 amide bonds. The molecule has 2 N–H and O–H groups in total. The van der Waals surface area contributed by atoms with Gasteiger partial charge >= 0.3 is 5.97 Å². The molecule has 0 fully saturated rings. The molecule has 1 aromatic rings. The predicted octanol–water partition coefficient (Wildman–Crippen LogP) is 1.57. The first-order valence-electron chi connectivity index (χ1n) is 5.70. The van der Waals surface area contributed by atoms with Crippen molar-refractivity contribution < 1.29 is 23.8 Å². The van der Waals surface area contributed by atoms with Crippen LogP contribution in [0.2, 0.25) is 0 Å². The van der Waals surface area contributed by atoms with Crippen LogP contribution in [0, 0.1) is 5.82 Å². The average molecular weight is 269 g/mol. The lowest BCUT2D eigenvalue weighted by Crippen LogP contribution is -2.53. The fourth-order valence-corrected chi connectivity index (χ4v) is 1.23. The van der Waals surface area contributed by atoms with E-state index in [0.29, 0.717) is 5.75 Å². The van der Waals surface area contributed by atoms with Gasteiger partial charge in [-0.25, -0.2) is 9.18 Å². The fourth-order valence-electron chi connectivity index (χ4n) is 1.23. The second-order valence-corrected chi connectivity index (χ2v) is 4.63. The number of halogens is 1. The fraction of sp³-hybridized carbons (Fsp3) is 0.385. The number of hydrogen-bond donors (Lipinski definition) is 2. The predicted molar refractivity (Wildman–Crippen MR) is 66.3 cm³/mol.